The van der Waals surface area contributed by atoms with Crippen LogP contribution >= 0.6 is 0 Å². The molecule has 4 rings (SSSR count). The van der Waals surface area contributed by atoms with E-state index in [1.54, 1.807) is 0 Å². The van der Waals surface area contributed by atoms with Gasteiger partial charge in [0.05, 0.1) is 6.04 Å². The summed E-state index contributed by atoms with van der Waals surface area (Å²) in [7, 11) is 0. The molecule has 2 aromatic rings. The van der Waals surface area contributed by atoms with Crippen molar-refractivity contribution in [3.63, 3.8) is 0 Å². The predicted octanol–water partition coefficient (Wildman–Crippen LogP) is 5.82. The van der Waals surface area contributed by atoms with Gasteiger partial charge >= 0.3 is 6.09 Å². The monoisotopic (exact) mass is 391 g/mol. The van der Waals surface area contributed by atoms with Crippen molar-refractivity contribution in [1.29, 1.82) is 0 Å². The minimum absolute atomic E-state index is 0.118. The fraction of sp³-hybridized carbons (Fsp3) is 0.400. The molecule has 2 aromatic carbocycles. The third kappa shape index (κ3) is 4.64. The minimum atomic E-state index is -0.467. The standard InChI is InChI=1S/C25H29NO3/c1-25(2,3)29-24(27)26-21-12-13-22(26)15-20(14-21)19-10-7-11-23(16-19)28-17-18-8-5-4-6-9-18/h4-11,14,16,21-22H,12-13,15,17H2,1-3H3. The zero-order valence-electron chi connectivity index (χ0n) is 17.4. The Morgan fingerprint density at radius 1 is 1.07 bits per heavy atom. The molecule has 1 fully saturated rings. The van der Waals surface area contributed by atoms with E-state index in [1.807, 2.05) is 56.0 Å². The first-order valence-corrected chi connectivity index (χ1v) is 10.4. The second-order valence-electron chi connectivity index (χ2n) is 8.88. The van der Waals surface area contributed by atoms with E-state index in [2.05, 4.69) is 30.3 Å². The van der Waals surface area contributed by atoms with Crippen LogP contribution in [0.15, 0.2) is 60.7 Å². The lowest BCUT2D eigenvalue weighted by atomic mass is 9.95. The van der Waals surface area contributed by atoms with Gasteiger partial charge in [0, 0.05) is 6.04 Å². The Balaban J connectivity index is 1.47. The Hall–Kier alpha value is -2.75. The highest BCUT2D eigenvalue weighted by molar-refractivity contribution is 5.75. The Morgan fingerprint density at radius 3 is 2.59 bits per heavy atom. The van der Waals surface area contributed by atoms with Gasteiger partial charge in [-0.1, -0.05) is 48.5 Å². The van der Waals surface area contributed by atoms with E-state index in [-0.39, 0.29) is 18.2 Å². The predicted molar refractivity (Wildman–Crippen MR) is 115 cm³/mol. The Kier molecular flexibility index (Phi) is 5.35. The molecule has 1 amide bonds. The van der Waals surface area contributed by atoms with Crippen LogP contribution in [0.4, 0.5) is 4.79 Å². The second-order valence-corrected chi connectivity index (χ2v) is 8.88. The van der Waals surface area contributed by atoms with Crippen LogP contribution in [-0.4, -0.2) is 28.7 Å². The lowest BCUT2D eigenvalue weighted by Gasteiger charge is -2.35. The van der Waals surface area contributed by atoms with Gasteiger partial charge in [-0.05, 0) is 68.9 Å². The molecule has 0 radical (unpaired) electrons. The summed E-state index contributed by atoms with van der Waals surface area (Å²) in [6.45, 7) is 6.30. The van der Waals surface area contributed by atoms with Crippen LogP contribution in [0.5, 0.6) is 5.75 Å². The van der Waals surface area contributed by atoms with E-state index in [9.17, 15) is 4.79 Å². The average molecular weight is 392 g/mol. The van der Waals surface area contributed by atoms with Gasteiger partial charge in [0.2, 0.25) is 0 Å². The van der Waals surface area contributed by atoms with Crippen LogP contribution in [0.2, 0.25) is 0 Å². The molecule has 2 atom stereocenters. The summed E-state index contributed by atoms with van der Waals surface area (Å²) in [4.78, 5) is 14.6. The molecule has 0 aromatic heterocycles. The maximum Gasteiger partial charge on any atom is 0.411 e. The maximum absolute atomic E-state index is 12.6. The highest BCUT2D eigenvalue weighted by Gasteiger charge is 2.41. The molecule has 152 valence electrons. The fourth-order valence-electron chi connectivity index (χ4n) is 4.17. The molecule has 2 unspecified atom stereocenters. The van der Waals surface area contributed by atoms with Crippen LogP contribution in [0.3, 0.4) is 0 Å². The highest BCUT2D eigenvalue weighted by atomic mass is 16.6. The molecule has 0 saturated carbocycles. The van der Waals surface area contributed by atoms with Crippen molar-refractivity contribution >= 4 is 11.7 Å². The smallest absolute Gasteiger partial charge is 0.411 e. The average Bonchev–Trinajstić information content (AvgIpc) is 2.96. The molecule has 4 nitrogen and oxygen atoms in total. The number of amides is 1. The molecule has 2 heterocycles. The lowest BCUT2D eigenvalue weighted by molar-refractivity contribution is 0.0175. The number of hydrogen-bond acceptors (Lipinski definition) is 3. The quantitative estimate of drug-likeness (QED) is 0.659. The number of hydrogen-bond donors (Lipinski definition) is 0. The summed E-state index contributed by atoms with van der Waals surface area (Å²) >= 11 is 0. The van der Waals surface area contributed by atoms with E-state index >= 15 is 0 Å². The lowest BCUT2D eigenvalue weighted by Crippen LogP contribution is -2.45. The van der Waals surface area contributed by atoms with Gasteiger partial charge in [0.1, 0.15) is 18.0 Å². The first kappa shape index (κ1) is 19.6. The number of benzene rings is 2. The zero-order valence-corrected chi connectivity index (χ0v) is 17.4. The molecule has 2 bridgehead atoms. The zero-order chi connectivity index (χ0) is 20.4. The van der Waals surface area contributed by atoms with Gasteiger partial charge < -0.3 is 9.47 Å². The molecule has 0 aliphatic carbocycles. The third-order valence-electron chi connectivity index (χ3n) is 5.45. The number of carbonyl (C=O) groups excluding carboxylic acids is 1. The molecule has 0 N–H and O–H groups in total. The molecular formula is C25H29NO3. The summed E-state index contributed by atoms with van der Waals surface area (Å²) in [5, 5.41) is 0. The number of carbonyl (C=O) groups is 1. The van der Waals surface area contributed by atoms with E-state index in [4.69, 9.17) is 9.47 Å². The molecule has 0 spiro atoms. The largest absolute Gasteiger partial charge is 0.489 e. The van der Waals surface area contributed by atoms with Gasteiger partial charge in [-0.25, -0.2) is 4.79 Å². The summed E-state index contributed by atoms with van der Waals surface area (Å²) in [6.07, 6.45) is 4.92. The van der Waals surface area contributed by atoms with Crippen LogP contribution in [-0.2, 0) is 11.3 Å². The molecular weight excluding hydrogens is 362 g/mol. The van der Waals surface area contributed by atoms with Crippen molar-refractivity contribution in [2.45, 2.75) is 64.3 Å². The van der Waals surface area contributed by atoms with Crippen LogP contribution in [0.1, 0.15) is 51.2 Å². The third-order valence-corrected chi connectivity index (χ3v) is 5.45. The SMILES string of the molecule is CC(C)(C)OC(=O)N1C2C=C(c3cccc(OCc4ccccc4)c3)CC1CC2. The van der Waals surface area contributed by atoms with Crippen molar-refractivity contribution in [2.75, 3.05) is 0 Å². The van der Waals surface area contributed by atoms with Crippen molar-refractivity contribution in [1.82, 2.24) is 4.90 Å². The molecule has 1 saturated heterocycles. The Labute approximate surface area is 173 Å². The number of rotatable bonds is 4. The van der Waals surface area contributed by atoms with Gasteiger partial charge in [-0.2, -0.15) is 0 Å². The summed E-state index contributed by atoms with van der Waals surface area (Å²) < 4.78 is 11.6. The minimum Gasteiger partial charge on any atom is -0.489 e. The number of fused-ring (bicyclic) bond motifs is 2. The number of nitrogens with zero attached hydrogens (tertiary/aromatic N) is 1. The van der Waals surface area contributed by atoms with Crippen molar-refractivity contribution in [2.24, 2.45) is 0 Å². The first-order chi connectivity index (χ1) is 13.9. The Morgan fingerprint density at radius 2 is 1.86 bits per heavy atom. The molecule has 29 heavy (non-hydrogen) atoms. The summed E-state index contributed by atoms with van der Waals surface area (Å²) in [5.41, 5.74) is 3.16. The van der Waals surface area contributed by atoms with Crippen LogP contribution in [0.25, 0.3) is 5.57 Å². The van der Waals surface area contributed by atoms with E-state index < -0.39 is 5.60 Å². The van der Waals surface area contributed by atoms with E-state index in [1.165, 1.54) is 11.1 Å². The van der Waals surface area contributed by atoms with Gasteiger partial charge in [0.25, 0.3) is 0 Å². The van der Waals surface area contributed by atoms with E-state index in [0.717, 1.165) is 30.6 Å². The van der Waals surface area contributed by atoms with Crippen molar-refractivity contribution in [3.8, 4) is 5.75 Å². The van der Waals surface area contributed by atoms with Crippen LogP contribution in [0, 0.1) is 0 Å². The highest BCUT2D eigenvalue weighted by Crippen LogP contribution is 2.39. The first-order valence-electron chi connectivity index (χ1n) is 10.4. The Bertz CT molecular complexity index is 898. The molecule has 4 heteroatoms. The number of ether oxygens (including phenoxy) is 2. The molecule has 2 aliphatic rings. The summed E-state index contributed by atoms with van der Waals surface area (Å²) in [5.74, 6) is 0.870. The second kappa shape index (κ2) is 7.94. The van der Waals surface area contributed by atoms with Crippen LogP contribution < -0.4 is 4.74 Å². The van der Waals surface area contributed by atoms with Gasteiger partial charge in [-0.3, -0.25) is 4.90 Å². The maximum atomic E-state index is 12.6. The van der Waals surface area contributed by atoms with Crippen molar-refractivity contribution < 1.29 is 14.3 Å². The summed E-state index contributed by atoms with van der Waals surface area (Å²) in [6, 6.07) is 18.8. The van der Waals surface area contributed by atoms with Gasteiger partial charge in [-0.15, -0.1) is 0 Å². The van der Waals surface area contributed by atoms with E-state index in [0.29, 0.717) is 6.61 Å². The fourth-order valence-corrected chi connectivity index (χ4v) is 4.17. The van der Waals surface area contributed by atoms with Crippen molar-refractivity contribution in [3.05, 3.63) is 71.8 Å². The topological polar surface area (TPSA) is 38.8 Å². The molecule has 2 aliphatic heterocycles. The van der Waals surface area contributed by atoms with Gasteiger partial charge in [0.15, 0.2) is 0 Å². The normalized spacial score (nSPS) is 20.9.